The number of nitrogens with zero attached hydrogens (tertiary/aromatic N) is 1. The molecule has 1 N–H and O–H groups in total. The van der Waals surface area contributed by atoms with Crippen LogP contribution in [0.1, 0.15) is 31.4 Å². The molecule has 1 fully saturated rings. The first-order valence-corrected chi connectivity index (χ1v) is 6.04. The molecule has 3 heteroatoms. The van der Waals surface area contributed by atoms with E-state index in [1.165, 1.54) is 19.3 Å². The third-order valence-corrected chi connectivity index (χ3v) is 3.26. The molecule has 1 aliphatic carbocycles. The van der Waals surface area contributed by atoms with Crippen LogP contribution in [0.15, 0.2) is 24.4 Å². The Morgan fingerprint density at radius 2 is 2.38 bits per heavy atom. The van der Waals surface area contributed by atoms with Crippen LogP contribution in [-0.2, 0) is 11.3 Å². The third-order valence-electron chi connectivity index (χ3n) is 3.26. The quantitative estimate of drug-likeness (QED) is 0.844. The zero-order valence-electron chi connectivity index (χ0n) is 9.86. The molecule has 0 amide bonds. The zero-order chi connectivity index (χ0) is 11.2. The predicted octanol–water partition coefficient (Wildman–Crippen LogP) is 2.13. The highest BCUT2D eigenvalue weighted by Gasteiger charge is 2.20. The summed E-state index contributed by atoms with van der Waals surface area (Å²) in [6, 6.07) is 6.62. The van der Waals surface area contributed by atoms with Crippen molar-refractivity contribution < 1.29 is 4.74 Å². The van der Waals surface area contributed by atoms with Crippen molar-refractivity contribution in [2.75, 3.05) is 7.11 Å². The van der Waals surface area contributed by atoms with Gasteiger partial charge in [0.25, 0.3) is 0 Å². The normalized spacial score (nSPS) is 25.6. The molecule has 1 heterocycles. The van der Waals surface area contributed by atoms with Crippen molar-refractivity contribution in [1.29, 1.82) is 0 Å². The summed E-state index contributed by atoms with van der Waals surface area (Å²) in [5.74, 6) is 0. The van der Waals surface area contributed by atoms with Gasteiger partial charge in [-0.3, -0.25) is 4.98 Å². The number of rotatable bonds is 4. The highest BCUT2D eigenvalue weighted by molar-refractivity contribution is 5.03. The molecule has 16 heavy (non-hydrogen) atoms. The van der Waals surface area contributed by atoms with Crippen molar-refractivity contribution >= 4 is 0 Å². The van der Waals surface area contributed by atoms with E-state index < -0.39 is 0 Å². The van der Waals surface area contributed by atoms with Crippen molar-refractivity contribution in [3.05, 3.63) is 30.1 Å². The Bertz CT molecular complexity index is 302. The second-order valence-electron chi connectivity index (χ2n) is 4.42. The smallest absolute Gasteiger partial charge is 0.0586 e. The first-order valence-electron chi connectivity index (χ1n) is 6.04. The number of nitrogens with one attached hydrogen (secondary N) is 1. The number of aromatic nitrogens is 1. The average molecular weight is 220 g/mol. The maximum atomic E-state index is 5.42. The summed E-state index contributed by atoms with van der Waals surface area (Å²) in [5.41, 5.74) is 1.11. The second kappa shape index (κ2) is 5.97. The van der Waals surface area contributed by atoms with E-state index in [1.807, 2.05) is 25.4 Å². The minimum Gasteiger partial charge on any atom is -0.381 e. The van der Waals surface area contributed by atoms with Gasteiger partial charge in [0, 0.05) is 25.9 Å². The minimum absolute atomic E-state index is 0.440. The summed E-state index contributed by atoms with van der Waals surface area (Å²) >= 11 is 0. The first-order chi connectivity index (χ1) is 7.88. The maximum Gasteiger partial charge on any atom is 0.0586 e. The molecular weight excluding hydrogens is 200 g/mol. The van der Waals surface area contributed by atoms with Crippen molar-refractivity contribution in [3.63, 3.8) is 0 Å². The fourth-order valence-corrected chi connectivity index (χ4v) is 2.30. The van der Waals surface area contributed by atoms with Gasteiger partial charge >= 0.3 is 0 Å². The van der Waals surface area contributed by atoms with Crippen LogP contribution in [0.4, 0.5) is 0 Å². The topological polar surface area (TPSA) is 34.1 Å². The minimum atomic E-state index is 0.440. The Labute approximate surface area is 97.2 Å². The van der Waals surface area contributed by atoms with Gasteiger partial charge in [0.2, 0.25) is 0 Å². The van der Waals surface area contributed by atoms with Crippen LogP contribution in [0.5, 0.6) is 0 Å². The van der Waals surface area contributed by atoms with Gasteiger partial charge in [0.15, 0.2) is 0 Å². The Morgan fingerprint density at radius 1 is 1.44 bits per heavy atom. The molecule has 1 aromatic heterocycles. The molecule has 2 unspecified atom stereocenters. The largest absolute Gasteiger partial charge is 0.381 e. The SMILES string of the molecule is COC1CCCC(NCc2ccccn2)C1. The molecule has 3 nitrogen and oxygen atoms in total. The van der Waals surface area contributed by atoms with Crippen LogP contribution in [0.25, 0.3) is 0 Å². The predicted molar refractivity (Wildman–Crippen MR) is 64.1 cm³/mol. The van der Waals surface area contributed by atoms with E-state index in [0.29, 0.717) is 12.1 Å². The molecule has 1 aliphatic rings. The lowest BCUT2D eigenvalue weighted by Gasteiger charge is -2.28. The van der Waals surface area contributed by atoms with E-state index in [1.54, 1.807) is 0 Å². The van der Waals surface area contributed by atoms with Crippen molar-refractivity contribution in [2.45, 2.75) is 44.4 Å². The maximum absolute atomic E-state index is 5.42. The lowest BCUT2D eigenvalue weighted by Crippen LogP contribution is -2.36. The average Bonchev–Trinajstić information content (AvgIpc) is 2.38. The van der Waals surface area contributed by atoms with Gasteiger partial charge < -0.3 is 10.1 Å². The third kappa shape index (κ3) is 3.29. The van der Waals surface area contributed by atoms with Crippen LogP contribution in [0.3, 0.4) is 0 Å². The van der Waals surface area contributed by atoms with Crippen molar-refractivity contribution in [2.24, 2.45) is 0 Å². The molecule has 88 valence electrons. The van der Waals surface area contributed by atoms with Gasteiger partial charge in [-0.25, -0.2) is 0 Å². The molecular formula is C13H20N2O. The standard InChI is InChI=1S/C13H20N2O/c1-16-13-7-4-6-11(9-13)15-10-12-5-2-3-8-14-12/h2-3,5,8,11,13,15H,4,6-7,9-10H2,1H3. The van der Waals surface area contributed by atoms with Crippen LogP contribution < -0.4 is 5.32 Å². The molecule has 1 saturated carbocycles. The molecule has 0 aliphatic heterocycles. The zero-order valence-corrected chi connectivity index (χ0v) is 9.86. The van der Waals surface area contributed by atoms with E-state index >= 15 is 0 Å². The van der Waals surface area contributed by atoms with E-state index in [0.717, 1.165) is 18.7 Å². The fraction of sp³-hybridized carbons (Fsp3) is 0.615. The highest BCUT2D eigenvalue weighted by atomic mass is 16.5. The Morgan fingerprint density at radius 3 is 3.12 bits per heavy atom. The van der Waals surface area contributed by atoms with Gasteiger partial charge in [-0.1, -0.05) is 6.07 Å². The van der Waals surface area contributed by atoms with Crippen LogP contribution in [-0.4, -0.2) is 24.2 Å². The van der Waals surface area contributed by atoms with Crippen molar-refractivity contribution in [1.82, 2.24) is 10.3 Å². The van der Waals surface area contributed by atoms with E-state index in [4.69, 9.17) is 4.74 Å². The molecule has 1 aromatic rings. The Kier molecular flexibility index (Phi) is 4.31. The molecule has 0 radical (unpaired) electrons. The van der Waals surface area contributed by atoms with Crippen LogP contribution >= 0.6 is 0 Å². The monoisotopic (exact) mass is 220 g/mol. The molecule has 0 bridgehead atoms. The van der Waals surface area contributed by atoms with E-state index in [9.17, 15) is 0 Å². The summed E-state index contributed by atoms with van der Waals surface area (Å²) in [6.45, 7) is 0.863. The van der Waals surface area contributed by atoms with Gasteiger partial charge in [0.05, 0.1) is 11.8 Å². The first kappa shape index (κ1) is 11.6. The Hall–Kier alpha value is -0.930. The molecule has 2 atom stereocenters. The lowest BCUT2D eigenvalue weighted by atomic mass is 9.93. The van der Waals surface area contributed by atoms with Crippen LogP contribution in [0.2, 0.25) is 0 Å². The van der Waals surface area contributed by atoms with E-state index in [2.05, 4.69) is 16.4 Å². The molecule has 0 spiro atoms. The number of ether oxygens (including phenoxy) is 1. The number of pyridine rings is 1. The second-order valence-corrected chi connectivity index (χ2v) is 4.42. The highest BCUT2D eigenvalue weighted by Crippen LogP contribution is 2.20. The molecule has 2 rings (SSSR count). The number of hydrogen-bond donors (Lipinski definition) is 1. The molecule has 0 aromatic carbocycles. The summed E-state index contributed by atoms with van der Waals surface area (Å²) in [5, 5.41) is 3.56. The van der Waals surface area contributed by atoms with Crippen LogP contribution in [0, 0.1) is 0 Å². The summed E-state index contributed by atoms with van der Waals surface area (Å²) in [7, 11) is 1.81. The van der Waals surface area contributed by atoms with E-state index in [-0.39, 0.29) is 0 Å². The summed E-state index contributed by atoms with van der Waals surface area (Å²) in [6.07, 6.45) is 7.14. The molecule has 0 saturated heterocycles. The van der Waals surface area contributed by atoms with Gasteiger partial charge in [-0.05, 0) is 37.8 Å². The van der Waals surface area contributed by atoms with Gasteiger partial charge in [-0.15, -0.1) is 0 Å². The lowest BCUT2D eigenvalue weighted by molar-refractivity contribution is 0.0585. The number of methoxy groups -OCH3 is 1. The Balaban J connectivity index is 1.77. The summed E-state index contributed by atoms with van der Waals surface area (Å²) < 4.78 is 5.42. The fourth-order valence-electron chi connectivity index (χ4n) is 2.30. The van der Waals surface area contributed by atoms with Gasteiger partial charge in [-0.2, -0.15) is 0 Å². The number of hydrogen-bond acceptors (Lipinski definition) is 3. The van der Waals surface area contributed by atoms with Crippen molar-refractivity contribution in [3.8, 4) is 0 Å². The summed E-state index contributed by atoms with van der Waals surface area (Å²) in [4.78, 5) is 4.31. The van der Waals surface area contributed by atoms with Gasteiger partial charge in [0.1, 0.15) is 0 Å².